The summed E-state index contributed by atoms with van der Waals surface area (Å²) < 4.78 is 1.12. The minimum atomic E-state index is 0.122. The summed E-state index contributed by atoms with van der Waals surface area (Å²) in [4.78, 5) is 2.46. The summed E-state index contributed by atoms with van der Waals surface area (Å²) in [5.41, 5.74) is 7.45. The smallest absolute Gasteiger partial charge is 0.0318 e. The van der Waals surface area contributed by atoms with Gasteiger partial charge in [-0.2, -0.15) is 0 Å². The van der Waals surface area contributed by atoms with E-state index in [9.17, 15) is 0 Å². The van der Waals surface area contributed by atoms with Gasteiger partial charge in [-0.3, -0.25) is 0 Å². The molecule has 3 heteroatoms. The number of hydrogen-bond acceptors (Lipinski definition) is 2. The summed E-state index contributed by atoms with van der Waals surface area (Å²) in [6, 6.07) is 8.35. The summed E-state index contributed by atoms with van der Waals surface area (Å²) >= 11 is 3.56. The third-order valence-electron chi connectivity index (χ3n) is 3.05. The fourth-order valence-corrected chi connectivity index (χ4v) is 2.58. The number of halogens is 1. The monoisotopic (exact) mass is 298 g/mol. The molecular weight excluding hydrogens is 276 g/mol. The lowest BCUT2D eigenvalue weighted by molar-refractivity contribution is 0.277. The molecule has 2 nitrogen and oxygen atoms in total. The quantitative estimate of drug-likeness (QED) is 0.834. The van der Waals surface area contributed by atoms with Crippen molar-refractivity contribution in [2.75, 3.05) is 19.6 Å². The highest BCUT2D eigenvalue weighted by Gasteiger charge is 2.10. The molecule has 0 aliphatic carbocycles. The second-order valence-electron chi connectivity index (χ2n) is 4.35. The van der Waals surface area contributed by atoms with Gasteiger partial charge in [0, 0.05) is 10.5 Å². The van der Waals surface area contributed by atoms with Gasteiger partial charge in [0.15, 0.2) is 0 Å². The third kappa shape index (κ3) is 4.78. The van der Waals surface area contributed by atoms with Crippen LogP contribution in [0.25, 0.3) is 0 Å². The second kappa shape index (κ2) is 7.85. The first-order chi connectivity index (χ1) is 8.19. The van der Waals surface area contributed by atoms with Gasteiger partial charge in [0.2, 0.25) is 0 Å². The lowest BCUT2D eigenvalue weighted by atomic mass is 10.0. The van der Waals surface area contributed by atoms with E-state index in [2.05, 4.69) is 46.8 Å². The van der Waals surface area contributed by atoms with Gasteiger partial charge in [-0.1, -0.05) is 48.0 Å². The van der Waals surface area contributed by atoms with Gasteiger partial charge in [-0.15, -0.1) is 0 Å². The Morgan fingerprint density at radius 3 is 2.53 bits per heavy atom. The molecule has 96 valence electrons. The molecule has 0 fully saturated rings. The van der Waals surface area contributed by atoms with Crippen LogP contribution in [-0.2, 0) is 0 Å². The van der Waals surface area contributed by atoms with Gasteiger partial charge in [0.05, 0.1) is 0 Å². The molecule has 1 aromatic carbocycles. The molecule has 1 atom stereocenters. The molecule has 0 bridgehead atoms. The lowest BCUT2D eigenvalue weighted by Crippen LogP contribution is -2.28. The minimum Gasteiger partial charge on any atom is -0.324 e. The summed E-state index contributed by atoms with van der Waals surface area (Å²) in [6.07, 6.45) is 2.22. The fourth-order valence-electron chi connectivity index (χ4n) is 2.00. The van der Waals surface area contributed by atoms with E-state index in [0.29, 0.717) is 0 Å². The molecule has 1 unspecified atom stereocenters. The third-order valence-corrected chi connectivity index (χ3v) is 3.77. The second-order valence-corrected chi connectivity index (χ2v) is 5.21. The van der Waals surface area contributed by atoms with E-state index >= 15 is 0 Å². The highest BCUT2D eigenvalue weighted by molar-refractivity contribution is 9.10. The van der Waals surface area contributed by atoms with Gasteiger partial charge in [0.25, 0.3) is 0 Å². The van der Waals surface area contributed by atoms with Crippen molar-refractivity contribution in [2.24, 2.45) is 5.73 Å². The number of nitrogens with zero attached hydrogens (tertiary/aromatic N) is 1. The molecule has 0 heterocycles. The molecule has 0 aliphatic rings. The Kier molecular flexibility index (Phi) is 6.78. The number of hydrogen-bond donors (Lipinski definition) is 1. The number of rotatable bonds is 7. The molecule has 0 aromatic heterocycles. The summed E-state index contributed by atoms with van der Waals surface area (Å²) in [6.45, 7) is 7.78. The maximum absolute atomic E-state index is 6.24. The Labute approximate surface area is 113 Å². The summed E-state index contributed by atoms with van der Waals surface area (Å²) in [5.74, 6) is 0. The number of benzene rings is 1. The Morgan fingerprint density at radius 2 is 1.94 bits per heavy atom. The van der Waals surface area contributed by atoms with E-state index in [1.807, 2.05) is 12.1 Å². The van der Waals surface area contributed by atoms with Crippen LogP contribution >= 0.6 is 15.9 Å². The molecular formula is C14H23BrN2. The largest absolute Gasteiger partial charge is 0.324 e. The van der Waals surface area contributed by atoms with Crippen molar-refractivity contribution in [3.63, 3.8) is 0 Å². The molecule has 0 spiro atoms. The van der Waals surface area contributed by atoms with E-state index in [-0.39, 0.29) is 6.04 Å². The van der Waals surface area contributed by atoms with Crippen LogP contribution < -0.4 is 5.73 Å². The van der Waals surface area contributed by atoms with E-state index in [1.54, 1.807) is 0 Å². The lowest BCUT2D eigenvalue weighted by Gasteiger charge is -2.22. The molecule has 0 saturated heterocycles. The molecule has 0 saturated carbocycles. The van der Waals surface area contributed by atoms with Crippen LogP contribution in [0.15, 0.2) is 28.7 Å². The van der Waals surface area contributed by atoms with Gasteiger partial charge < -0.3 is 10.6 Å². The molecule has 0 amide bonds. The molecule has 1 aromatic rings. The maximum Gasteiger partial charge on any atom is 0.0318 e. The van der Waals surface area contributed by atoms with E-state index in [1.165, 1.54) is 18.5 Å². The van der Waals surface area contributed by atoms with Crippen molar-refractivity contribution in [2.45, 2.75) is 32.7 Å². The topological polar surface area (TPSA) is 29.3 Å². The van der Waals surface area contributed by atoms with Gasteiger partial charge >= 0.3 is 0 Å². The van der Waals surface area contributed by atoms with Crippen molar-refractivity contribution in [3.05, 3.63) is 34.3 Å². The first-order valence-electron chi connectivity index (χ1n) is 6.41. The Bertz CT molecular complexity index is 328. The molecule has 1 rings (SSSR count). The predicted molar refractivity (Wildman–Crippen MR) is 78.1 cm³/mol. The van der Waals surface area contributed by atoms with Crippen molar-refractivity contribution in [3.8, 4) is 0 Å². The van der Waals surface area contributed by atoms with Gasteiger partial charge in [-0.05, 0) is 44.1 Å². The standard InChI is InChI=1S/C14H23BrN2/c1-3-10-17(4-2)11-9-14(16)12-7-5-6-8-13(12)15/h5-8,14H,3-4,9-11,16H2,1-2H3. The zero-order valence-electron chi connectivity index (χ0n) is 10.8. The zero-order valence-corrected chi connectivity index (χ0v) is 12.4. The van der Waals surface area contributed by atoms with Crippen LogP contribution in [0.3, 0.4) is 0 Å². The van der Waals surface area contributed by atoms with Crippen LogP contribution in [-0.4, -0.2) is 24.5 Å². The Morgan fingerprint density at radius 1 is 1.24 bits per heavy atom. The first-order valence-corrected chi connectivity index (χ1v) is 7.20. The van der Waals surface area contributed by atoms with Crippen LogP contribution in [0.2, 0.25) is 0 Å². The summed E-state index contributed by atoms with van der Waals surface area (Å²) in [5, 5.41) is 0. The molecule has 17 heavy (non-hydrogen) atoms. The zero-order chi connectivity index (χ0) is 12.7. The normalized spacial score (nSPS) is 13.0. The average Bonchev–Trinajstić information content (AvgIpc) is 2.34. The van der Waals surface area contributed by atoms with E-state index < -0.39 is 0 Å². The van der Waals surface area contributed by atoms with Crippen LogP contribution in [0.5, 0.6) is 0 Å². The van der Waals surface area contributed by atoms with Crippen molar-refractivity contribution in [1.29, 1.82) is 0 Å². The first kappa shape index (κ1) is 14.7. The van der Waals surface area contributed by atoms with Crippen LogP contribution in [0.4, 0.5) is 0 Å². The van der Waals surface area contributed by atoms with Crippen molar-refractivity contribution >= 4 is 15.9 Å². The van der Waals surface area contributed by atoms with Gasteiger partial charge in [-0.25, -0.2) is 0 Å². The summed E-state index contributed by atoms with van der Waals surface area (Å²) in [7, 11) is 0. The maximum atomic E-state index is 6.24. The Balaban J connectivity index is 2.49. The highest BCUT2D eigenvalue weighted by atomic mass is 79.9. The molecule has 2 N–H and O–H groups in total. The number of nitrogens with two attached hydrogens (primary N) is 1. The highest BCUT2D eigenvalue weighted by Crippen LogP contribution is 2.23. The van der Waals surface area contributed by atoms with Gasteiger partial charge in [0.1, 0.15) is 0 Å². The molecule has 0 radical (unpaired) electrons. The fraction of sp³-hybridized carbons (Fsp3) is 0.571. The van der Waals surface area contributed by atoms with E-state index in [4.69, 9.17) is 5.73 Å². The van der Waals surface area contributed by atoms with Crippen LogP contribution in [0, 0.1) is 0 Å². The van der Waals surface area contributed by atoms with Crippen molar-refractivity contribution in [1.82, 2.24) is 4.90 Å². The minimum absolute atomic E-state index is 0.122. The predicted octanol–water partition coefficient (Wildman–Crippen LogP) is 3.57. The Hall–Kier alpha value is -0.380. The SMILES string of the molecule is CCCN(CC)CCC(N)c1ccccc1Br. The van der Waals surface area contributed by atoms with Crippen molar-refractivity contribution < 1.29 is 0 Å². The van der Waals surface area contributed by atoms with Crippen LogP contribution in [0.1, 0.15) is 38.3 Å². The average molecular weight is 299 g/mol. The molecule has 0 aliphatic heterocycles. The van der Waals surface area contributed by atoms with E-state index in [0.717, 1.165) is 24.0 Å².